The number of aromatic nitrogens is 1. The Balaban J connectivity index is 2.12. The van der Waals surface area contributed by atoms with Crippen LogP contribution in [-0.2, 0) is 0 Å². The number of hydrogen-bond acceptors (Lipinski definition) is 3. The predicted octanol–water partition coefficient (Wildman–Crippen LogP) is 3.93. The molecule has 1 heterocycles. The molecule has 0 bridgehead atoms. The molecule has 21 heavy (non-hydrogen) atoms. The fraction of sp³-hybridized carbons (Fsp3) is 0.250. The summed E-state index contributed by atoms with van der Waals surface area (Å²) < 4.78 is 0. The Hall–Kier alpha value is -2.07. The lowest BCUT2D eigenvalue weighted by molar-refractivity contribution is 0.0938. The van der Waals surface area contributed by atoms with E-state index >= 15 is 0 Å². The van der Waals surface area contributed by atoms with E-state index in [0.29, 0.717) is 10.7 Å². The molecule has 2 aromatic rings. The van der Waals surface area contributed by atoms with Crippen LogP contribution in [-0.4, -0.2) is 16.9 Å². The van der Waals surface area contributed by atoms with Crippen LogP contribution in [0.25, 0.3) is 0 Å². The third-order valence-electron chi connectivity index (χ3n) is 2.89. The normalized spacial score (nSPS) is 10.5. The van der Waals surface area contributed by atoms with Crippen molar-refractivity contribution in [3.63, 3.8) is 0 Å². The average Bonchev–Trinajstić information content (AvgIpc) is 2.43. The number of hydrogen-bond donors (Lipinski definition) is 2. The third-order valence-corrected chi connectivity index (χ3v) is 3.13. The highest BCUT2D eigenvalue weighted by Crippen LogP contribution is 2.23. The second-order valence-electron chi connectivity index (χ2n) is 5.14. The van der Waals surface area contributed by atoms with E-state index in [1.165, 1.54) is 0 Å². The van der Waals surface area contributed by atoms with Crippen molar-refractivity contribution in [2.75, 3.05) is 5.32 Å². The van der Waals surface area contributed by atoms with Gasteiger partial charge in [-0.05, 0) is 50.6 Å². The quantitative estimate of drug-likeness (QED) is 0.900. The summed E-state index contributed by atoms with van der Waals surface area (Å²) in [6.07, 6.45) is 1.63. The number of nitrogens with one attached hydrogen (secondary N) is 2. The Kier molecular flexibility index (Phi) is 4.81. The number of anilines is 2. The number of amides is 1. The largest absolute Gasteiger partial charge is 0.354 e. The Morgan fingerprint density at radius 2 is 2.00 bits per heavy atom. The van der Waals surface area contributed by atoms with Crippen LogP contribution < -0.4 is 10.6 Å². The summed E-state index contributed by atoms with van der Waals surface area (Å²) in [4.78, 5) is 16.0. The minimum atomic E-state index is -0.171. The number of carbonyl (C=O) groups excluding carboxylic acids is 1. The van der Waals surface area contributed by atoms with Crippen molar-refractivity contribution >= 4 is 28.9 Å². The van der Waals surface area contributed by atoms with Gasteiger partial charge in [-0.3, -0.25) is 4.79 Å². The molecule has 2 N–H and O–H groups in total. The zero-order valence-electron chi connectivity index (χ0n) is 12.3. The maximum atomic E-state index is 11.8. The first-order valence-corrected chi connectivity index (χ1v) is 7.13. The Bertz CT molecular complexity index is 638. The van der Waals surface area contributed by atoms with E-state index in [1.54, 1.807) is 12.3 Å². The van der Waals surface area contributed by atoms with Gasteiger partial charge in [-0.25, -0.2) is 4.98 Å². The molecule has 1 amide bonds. The van der Waals surface area contributed by atoms with Crippen molar-refractivity contribution in [2.45, 2.75) is 26.8 Å². The fourth-order valence-corrected chi connectivity index (χ4v) is 1.99. The summed E-state index contributed by atoms with van der Waals surface area (Å²) in [5.74, 6) is -0.171. The van der Waals surface area contributed by atoms with E-state index < -0.39 is 0 Å². The highest BCUT2D eigenvalue weighted by molar-refractivity contribution is 6.30. The summed E-state index contributed by atoms with van der Waals surface area (Å²) in [6.45, 7) is 5.82. The molecule has 0 saturated heterocycles. The molecule has 0 aliphatic heterocycles. The monoisotopic (exact) mass is 303 g/mol. The first-order valence-electron chi connectivity index (χ1n) is 6.76. The molecule has 0 aliphatic rings. The number of carbonyl (C=O) groups is 1. The maximum absolute atomic E-state index is 11.8. The van der Waals surface area contributed by atoms with Gasteiger partial charge < -0.3 is 10.6 Å². The Labute approximate surface area is 129 Å². The van der Waals surface area contributed by atoms with Crippen LogP contribution in [0.5, 0.6) is 0 Å². The molecule has 1 aromatic carbocycles. The second-order valence-corrected chi connectivity index (χ2v) is 5.58. The van der Waals surface area contributed by atoms with E-state index in [-0.39, 0.29) is 11.9 Å². The van der Waals surface area contributed by atoms with Gasteiger partial charge >= 0.3 is 0 Å². The average molecular weight is 304 g/mol. The topological polar surface area (TPSA) is 54.0 Å². The number of benzene rings is 1. The van der Waals surface area contributed by atoms with Gasteiger partial charge in [0.15, 0.2) is 0 Å². The lowest BCUT2D eigenvalue weighted by Crippen LogP contribution is -2.30. The summed E-state index contributed by atoms with van der Waals surface area (Å²) >= 11 is 5.99. The van der Waals surface area contributed by atoms with Crippen LogP contribution in [0.15, 0.2) is 36.5 Å². The van der Waals surface area contributed by atoms with Gasteiger partial charge in [-0.1, -0.05) is 17.7 Å². The number of nitrogens with zero attached hydrogens (tertiary/aromatic N) is 1. The molecule has 0 unspecified atom stereocenters. The molecule has 0 radical (unpaired) electrons. The lowest BCUT2D eigenvalue weighted by atomic mass is 10.2. The van der Waals surface area contributed by atoms with Crippen molar-refractivity contribution in [3.05, 3.63) is 52.8 Å². The zero-order chi connectivity index (χ0) is 15.4. The molecule has 2 rings (SSSR count). The van der Waals surface area contributed by atoms with Crippen LogP contribution in [0, 0.1) is 6.92 Å². The fourth-order valence-electron chi connectivity index (χ4n) is 1.82. The smallest absolute Gasteiger partial charge is 0.270 e. The number of rotatable bonds is 4. The molecule has 0 spiro atoms. The number of halogens is 1. The van der Waals surface area contributed by atoms with Crippen molar-refractivity contribution < 1.29 is 4.79 Å². The minimum absolute atomic E-state index is 0.0891. The molecule has 0 saturated carbocycles. The zero-order valence-corrected chi connectivity index (χ0v) is 13.0. The van der Waals surface area contributed by atoms with Crippen molar-refractivity contribution in [3.8, 4) is 0 Å². The van der Waals surface area contributed by atoms with Crippen LogP contribution in [0.4, 0.5) is 11.4 Å². The summed E-state index contributed by atoms with van der Waals surface area (Å²) in [5, 5.41) is 6.72. The van der Waals surface area contributed by atoms with Gasteiger partial charge in [0, 0.05) is 16.8 Å². The third kappa shape index (κ3) is 4.20. The summed E-state index contributed by atoms with van der Waals surface area (Å²) in [7, 11) is 0. The van der Waals surface area contributed by atoms with E-state index in [0.717, 1.165) is 16.9 Å². The Morgan fingerprint density at radius 3 is 2.62 bits per heavy atom. The van der Waals surface area contributed by atoms with Crippen molar-refractivity contribution in [1.82, 2.24) is 10.3 Å². The van der Waals surface area contributed by atoms with Crippen LogP contribution in [0.2, 0.25) is 5.02 Å². The van der Waals surface area contributed by atoms with E-state index in [1.807, 2.05) is 45.0 Å². The van der Waals surface area contributed by atoms with Crippen LogP contribution >= 0.6 is 11.6 Å². The predicted molar refractivity (Wildman–Crippen MR) is 86.3 cm³/mol. The van der Waals surface area contributed by atoms with E-state index in [9.17, 15) is 4.79 Å². The molecular formula is C16H18ClN3O. The standard InChI is InChI=1S/C16H18ClN3O/c1-10(2)19-16(21)14-7-6-13(9-18-14)20-15-8-12(17)5-4-11(15)3/h4-10,20H,1-3H3,(H,19,21). The summed E-state index contributed by atoms with van der Waals surface area (Å²) in [5.41, 5.74) is 3.21. The molecule has 0 fully saturated rings. The van der Waals surface area contributed by atoms with Gasteiger partial charge in [-0.15, -0.1) is 0 Å². The number of pyridine rings is 1. The van der Waals surface area contributed by atoms with Gasteiger partial charge in [-0.2, -0.15) is 0 Å². The van der Waals surface area contributed by atoms with Crippen LogP contribution in [0.3, 0.4) is 0 Å². The molecule has 1 aromatic heterocycles. The maximum Gasteiger partial charge on any atom is 0.270 e. The number of aryl methyl sites for hydroxylation is 1. The molecule has 0 atom stereocenters. The Morgan fingerprint density at radius 1 is 1.24 bits per heavy atom. The van der Waals surface area contributed by atoms with Crippen molar-refractivity contribution in [2.24, 2.45) is 0 Å². The second kappa shape index (κ2) is 6.59. The van der Waals surface area contributed by atoms with Gasteiger partial charge in [0.1, 0.15) is 5.69 Å². The van der Waals surface area contributed by atoms with Gasteiger partial charge in [0.2, 0.25) is 0 Å². The minimum Gasteiger partial charge on any atom is -0.354 e. The van der Waals surface area contributed by atoms with Gasteiger partial charge in [0.05, 0.1) is 11.9 Å². The first-order chi connectivity index (χ1) is 9.95. The SMILES string of the molecule is Cc1ccc(Cl)cc1Nc1ccc(C(=O)NC(C)C)nc1. The molecular weight excluding hydrogens is 286 g/mol. The van der Waals surface area contributed by atoms with Gasteiger partial charge in [0.25, 0.3) is 5.91 Å². The molecule has 4 nitrogen and oxygen atoms in total. The van der Waals surface area contributed by atoms with E-state index in [2.05, 4.69) is 15.6 Å². The molecule has 110 valence electrons. The van der Waals surface area contributed by atoms with E-state index in [4.69, 9.17) is 11.6 Å². The lowest BCUT2D eigenvalue weighted by Gasteiger charge is -2.11. The van der Waals surface area contributed by atoms with Crippen molar-refractivity contribution in [1.29, 1.82) is 0 Å². The molecule has 0 aliphatic carbocycles. The van der Waals surface area contributed by atoms with Crippen LogP contribution in [0.1, 0.15) is 29.9 Å². The summed E-state index contributed by atoms with van der Waals surface area (Å²) in [6, 6.07) is 9.26. The highest BCUT2D eigenvalue weighted by atomic mass is 35.5. The highest BCUT2D eigenvalue weighted by Gasteiger charge is 2.08. The molecule has 5 heteroatoms. The first kappa shape index (κ1) is 15.3.